The highest BCUT2D eigenvalue weighted by Gasteiger charge is 2.26. The largest absolute Gasteiger partial charge is 0.372 e. The third kappa shape index (κ3) is 3.17. The molecule has 1 aliphatic heterocycles. The summed E-state index contributed by atoms with van der Waals surface area (Å²) in [5.41, 5.74) is 4.21. The fourth-order valence-corrected chi connectivity index (χ4v) is 3.36. The molecule has 1 aliphatic rings. The standard InChI is InChI=1S/C19H24N2O2/c1-13-5-6-14(2)21(13)18-9-7-17(8-10-18)19(22)20-11-15(3)23-16(4)12-20/h5-10,15-16H,11-12H2,1-4H3. The van der Waals surface area contributed by atoms with E-state index in [2.05, 4.69) is 30.5 Å². The molecule has 0 bridgehead atoms. The van der Waals surface area contributed by atoms with Crippen LogP contribution in [0, 0.1) is 13.8 Å². The summed E-state index contributed by atoms with van der Waals surface area (Å²) in [6, 6.07) is 12.1. The molecule has 1 aromatic carbocycles. The quantitative estimate of drug-likeness (QED) is 0.852. The normalized spacial score (nSPS) is 21.5. The zero-order chi connectivity index (χ0) is 16.6. The number of aryl methyl sites for hydroxylation is 2. The summed E-state index contributed by atoms with van der Waals surface area (Å²) in [5, 5.41) is 0. The number of aromatic nitrogens is 1. The number of carbonyl (C=O) groups excluding carboxylic acids is 1. The van der Waals surface area contributed by atoms with Gasteiger partial charge in [0.15, 0.2) is 0 Å². The molecule has 23 heavy (non-hydrogen) atoms. The predicted molar refractivity (Wildman–Crippen MR) is 91.2 cm³/mol. The van der Waals surface area contributed by atoms with E-state index in [0.717, 1.165) is 11.3 Å². The van der Waals surface area contributed by atoms with Crippen LogP contribution in [0.2, 0.25) is 0 Å². The molecule has 2 atom stereocenters. The smallest absolute Gasteiger partial charge is 0.254 e. The second-order valence-corrected chi connectivity index (χ2v) is 6.47. The topological polar surface area (TPSA) is 34.5 Å². The highest BCUT2D eigenvalue weighted by molar-refractivity contribution is 5.94. The van der Waals surface area contributed by atoms with Gasteiger partial charge in [0.25, 0.3) is 5.91 Å². The van der Waals surface area contributed by atoms with Crippen LogP contribution in [0.1, 0.15) is 35.6 Å². The first-order valence-electron chi connectivity index (χ1n) is 8.16. The fraction of sp³-hybridized carbons (Fsp3) is 0.421. The lowest BCUT2D eigenvalue weighted by atomic mass is 10.1. The molecule has 0 N–H and O–H groups in total. The molecule has 2 heterocycles. The second kappa shape index (κ2) is 6.20. The Labute approximate surface area is 137 Å². The molecule has 122 valence electrons. The van der Waals surface area contributed by atoms with Crippen molar-refractivity contribution in [3.8, 4) is 5.69 Å². The Kier molecular flexibility index (Phi) is 4.26. The minimum atomic E-state index is 0.0829. The lowest BCUT2D eigenvalue weighted by molar-refractivity contribution is -0.0586. The molecule has 1 amide bonds. The van der Waals surface area contributed by atoms with Crippen LogP contribution < -0.4 is 0 Å². The molecule has 0 aliphatic carbocycles. The van der Waals surface area contributed by atoms with Crippen LogP contribution in [0.25, 0.3) is 5.69 Å². The van der Waals surface area contributed by atoms with Gasteiger partial charge in [0.05, 0.1) is 12.2 Å². The maximum absolute atomic E-state index is 12.7. The van der Waals surface area contributed by atoms with Crippen molar-refractivity contribution < 1.29 is 9.53 Å². The molecule has 1 aromatic heterocycles. The predicted octanol–water partition coefficient (Wildman–Crippen LogP) is 3.34. The van der Waals surface area contributed by atoms with E-state index in [9.17, 15) is 4.79 Å². The lowest BCUT2D eigenvalue weighted by Crippen LogP contribution is -2.48. The molecular formula is C19H24N2O2. The van der Waals surface area contributed by atoms with Gasteiger partial charge < -0.3 is 14.2 Å². The van der Waals surface area contributed by atoms with E-state index in [0.29, 0.717) is 13.1 Å². The van der Waals surface area contributed by atoms with Crippen LogP contribution in [0.3, 0.4) is 0 Å². The van der Waals surface area contributed by atoms with Gasteiger partial charge in [0.2, 0.25) is 0 Å². The van der Waals surface area contributed by atoms with Gasteiger partial charge in [-0.2, -0.15) is 0 Å². The van der Waals surface area contributed by atoms with Crippen molar-refractivity contribution in [3.63, 3.8) is 0 Å². The van der Waals surface area contributed by atoms with Crippen LogP contribution in [0.5, 0.6) is 0 Å². The first-order valence-corrected chi connectivity index (χ1v) is 8.16. The molecular weight excluding hydrogens is 288 g/mol. The Morgan fingerprint density at radius 2 is 1.48 bits per heavy atom. The fourth-order valence-electron chi connectivity index (χ4n) is 3.36. The van der Waals surface area contributed by atoms with E-state index in [1.807, 2.05) is 43.0 Å². The van der Waals surface area contributed by atoms with Crippen molar-refractivity contribution in [3.05, 3.63) is 53.3 Å². The summed E-state index contributed by atoms with van der Waals surface area (Å²) >= 11 is 0. The van der Waals surface area contributed by atoms with Crippen LogP contribution in [0.15, 0.2) is 36.4 Å². The van der Waals surface area contributed by atoms with Gasteiger partial charge in [0.1, 0.15) is 0 Å². The van der Waals surface area contributed by atoms with Gasteiger partial charge in [-0.05, 0) is 64.1 Å². The van der Waals surface area contributed by atoms with Crippen molar-refractivity contribution in [1.29, 1.82) is 0 Å². The van der Waals surface area contributed by atoms with Crippen LogP contribution in [-0.4, -0.2) is 40.7 Å². The number of rotatable bonds is 2. The van der Waals surface area contributed by atoms with Gasteiger partial charge in [-0.15, -0.1) is 0 Å². The molecule has 1 saturated heterocycles. The third-order valence-electron chi connectivity index (χ3n) is 4.35. The summed E-state index contributed by atoms with van der Waals surface area (Å²) in [7, 11) is 0. The minimum absolute atomic E-state index is 0.0829. The van der Waals surface area contributed by atoms with Crippen molar-refractivity contribution in [1.82, 2.24) is 9.47 Å². The zero-order valence-corrected chi connectivity index (χ0v) is 14.2. The number of amides is 1. The molecule has 2 unspecified atom stereocenters. The summed E-state index contributed by atoms with van der Waals surface area (Å²) in [6.07, 6.45) is 0.180. The van der Waals surface area contributed by atoms with Gasteiger partial charge in [-0.3, -0.25) is 4.79 Å². The highest BCUT2D eigenvalue weighted by atomic mass is 16.5. The van der Waals surface area contributed by atoms with Crippen molar-refractivity contribution >= 4 is 5.91 Å². The Hall–Kier alpha value is -2.07. The average Bonchev–Trinajstić information content (AvgIpc) is 2.85. The number of carbonyl (C=O) groups is 1. The van der Waals surface area contributed by atoms with E-state index in [1.165, 1.54) is 11.4 Å². The van der Waals surface area contributed by atoms with Crippen molar-refractivity contribution in [2.24, 2.45) is 0 Å². The van der Waals surface area contributed by atoms with Crippen LogP contribution in [0.4, 0.5) is 0 Å². The summed E-state index contributed by atoms with van der Waals surface area (Å²) < 4.78 is 7.89. The molecule has 0 radical (unpaired) electrons. The molecule has 1 fully saturated rings. The van der Waals surface area contributed by atoms with Crippen LogP contribution in [-0.2, 0) is 4.74 Å². The molecule has 0 saturated carbocycles. The molecule has 4 heteroatoms. The summed E-state index contributed by atoms with van der Waals surface area (Å²) in [6.45, 7) is 9.50. The maximum atomic E-state index is 12.7. The Morgan fingerprint density at radius 3 is 2.00 bits per heavy atom. The number of benzene rings is 1. The monoisotopic (exact) mass is 312 g/mol. The number of hydrogen-bond acceptors (Lipinski definition) is 2. The molecule has 3 rings (SSSR count). The summed E-state index contributed by atoms with van der Waals surface area (Å²) in [4.78, 5) is 14.6. The van der Waals surface area contributed by atoms with E-state index < -0.39 is 0 Å². The first-order chi connectivity index (χ1) is 11.0. The van der Waals surface area contributed by atoms with E-state index >= 15 is 0 Å². The first kappa shape index (κ1) is 15.8. The minimum Gasteiger partial charge on any atom is -0.372 e. The maximum Gasteiger partial charge on any atom is 0.254 e. The Balaban J connectivity index is 1.81. The second-order valence-electron chi connectivity index (χ2n) is 6.47. The van der Waals surface area contributed by atoms with E-state index in [1.54, 1.807) is 0 Å². The van der Waals surface area contributed by atoms with E-state index in [-0.39, 0.29) is 18.1 Å². The Morgan fingerprint density at radius 1 is 0.957 bits per heavy atom. The zero-order valence-electron chi connectivity index (χ0n) is 14.2. The average molecular weight is 312 g/mol. The van der Waals surface area contributed by atoms with Crippen molar-refractivity contribution in [2.75, 3.05) is 13.1 Å². The number of ether oxygens (including phenoxy) is 1. The lowest BCUT2D eigenvalue weighted by Gasteiger charge is -2.35. The SMILES string of the molecule is Cc1ccc(C)n1-c1ccc(C(=O)N2CC(C)OC(C)C2)cc1. The highest BCUT2D eigenvalue weighted by Crippen LogP contribution is 2.19. The number of nitrogens with zero attached hydrogens (tertiary/aromatic N) is 2. The van der Waals surface area contributed by atoms with Crippen molar-refractivity contribution in [2.45, 2.75) is 39.9 Å². The third-order valence-corrected chi connectivity index (χ3v) is 4.35. The molecule has 4 nitrogen and oxygen atoms in total. The molecule has 2 aromatic rings. The van der Waals surface area contributed by atoms with Crippen LogP contribution >= 0.6 is 0 Å². The summed E-state index contributed by atoms with van der Waals surface area (Å²) in [5.74, 6) is 0.0829. The molecule has 0 spiro atoms. The van der Waals surface area contributed by atoms with E-state index in [4.69, 9.17) is 4.74 Å². The number of morpholine rings is 1. The van der Waals surface area contributed by atoms with Gasteiger partial charge in [0, 0.05) is 35.7 Å². The Bertz CT molecular complexity index is 673. The van der Waals surface area contributed by atoms with Gasteiger partial charge in [-0.25, -0.2) is 0 Å². The number of hydrogen-bond donors (Lipinski definition) is 0. The van der Waals surface area contributed by atoms with Gasteiger partial charge in [-0.1, -0.05) is 0 Å². The van der Waals surface area contributed by atoms with Gasteiger partial charge >= 0.3 is 0 Å².